The number of primary sulfonamides is 1. The molecule has 0 aliphatic carbocycles. The predicted molar refractivity (Wildman–Crippen MR) is 74.6 cm³/mol. The van der Waals surface area contributed by atoms with Gasteiger partial charge in [0.1, 0.15) is 11.6 Å². The second kappa shape index (κ2) is 6.40. The molecule has 1 atom stereocenters. The number of hydrogen-bond donors (Lipinski definition) is 1. The molecule has 1 aliphatic heterocycles. The molecule has 8 heteroatoms. The number of carbonyl (C=O) groups excluding carboxylic acids is 1. The van der Waals surface area contributed by atoms with Gasteiger partial charge in [-0.1, -0.05) is 6.07 Å². The quantitative estimate of drug-likeness (QED) is 0.848. The first-order valence-electron chi connectivity index (χ1n) is 6.50. The van der Waals surface area contributed by atoms with Crippen LogP contribution in [0.4, 0.5) is 4.39 Å². The maximum Gasteiger partial charge on any atom is 0.260 e. The van der Waals surface area contributed by atoms with Crippen molar-refractivity contribution < 1.29 is 22.3 Å². The average molecular weight is 316 g/mol. The van der Waals surface area contributed by atoms with Gasteiger partial charge in [0.25, 0.3) is 5.91 Å². The molecule has 1 saturated heterocycles. The van der Waals surface area contributed by atoms with Crippen LogP contribution in [0.2, 0.25) is 0 Å². The Bertz CT molecular complexity index is 620. The van der Waals surface area contributed by atoms with E-state index >= 15 is 0 Å². The lowest BCUT2D eigenvalue weighted by atomic mass is 10.2. The van der Waals surface area contributed by atoms with Crippen molar-refractivity contribution in [2.45, 2.75) is 6.42 Å². The molecule has 2 N–H and O–H groups in total. The van der Waals surface area contributed by atoms with Crippen molar-refractivity contribution in [2.75, 3.05) is 25.4 Å². The fourth-order valence-corrected chi connectivity index (χ4v) is 3.25. The third-order valence-corrected chi connectivity index (χ3v) is 4.20. The number of ether oxygens (including phenoxy) is 1. The fourth-order valence-electron chi connectivity index (χ4n) is 2.32. The Morgan fingerprint density at radius 1 is 1.48 bits per heavy atom. The van der Waals surface area contributed by atoms with Gasteiger partial charge in [-0.3, -0.25) is 4.79 Å². The lowest BCUT2D eigenvalue weighted by Gasteiger charge is -2.16. The van der Waals surface area contributed by atoms with E-state index in [2.05, 4.69) is 0 Å². The molecular formula is C13H17FN2O4S. The molecule has 0 unspecified atom stereocenters. The van der Waals surface area contributed by atoms with Gasteiger partial charge in [0.05, 0.1) is 5.75 Å². The molecule has 116 valence electrons. The number of sulfonamides is 1. The van der Waals surface area contributed by atoms with E-state index in [1.54, 1.807) is 6.07 Å². The number of nitrogens with two attached hydrogens (primary N) is 1. The van der Waals surface area contributed by atoms with Crippen molar-refractivity contribution in [3.8, 4) is 5.75 Å². The van der Waals surface area contributed by atoms with Crippen molar-refractivity contribution in [1.29, 1.82) is 0 Å². The molecule has 0 saturated carbocycles. The van der Waals surface area contributed by atoms with Crippen LogP contribution in [0.1, 0.15) is 6.42 Å². The molecule has 1 aromatic rings. The van der Waals surface area contributed by atoms with Crippen molar-refractivity contribution in [3.63, 3.8) is 0 Å². The lowest BCUT2D eigenvalue weighted by molar-refractivity contribution is -0.132. The molecule has 1 amide bonds. The highest BCUT2D eigenvalue weighted by atomic mass is 32.2. The highest BCUT2D eigenvalue weighted by molar-refractivity contribution is 7.89. The number of carbonyl (C=O) groups is 1. The van der Waals surface area contributed by atoms with Crippen molar-refractivity contribution in [2.24, 2.45) is 11.1 Å². The maximum absolute atomic E-state index is 13.0. The van der Waals surface area contributed by atoms with Crippen LogP contribution >= 0.6 is 0 Å². The molecule has 1 aromatic carbocycles. The van der Waals surface area contributed by atoms with Crippen LogP contribution in [-0.2, 0) is 14.8 Å². The summed E-state index contributed by atoms with van der Waals surface area (Å²) >= 11 is 0. The zero-order valence-electron chi connectivity index (χ0n) is 11.4. The van der Waals surface area contributed by atoms with E-state index in [1.165, 1.54) is 23.1 Å². The summed E-state index contributed by atoms with van der Waals surface area (Å²) in [6.07, 6.45) is 0.599. The number of likely N-dealkylation sites (tertiary alicyclic amines) is 1. The number of halogens is 1. The van der Waals surface area contributed by atoms with Crippen molar-refractivity contribution in [3.05, 3.63) is 30.1 Å². The molecule has 0 radical (unpaired) electrons. The monoisotopic (exact) mass is 316 g/mol. The molecule has 0 bridgehead atoms. The molecule has 0 aromatic heterocycles. The molecule has 1 heterocycles. The third kappa shape index (κ3) is 4.98. The van der Waals surface area contributed by atoms with Gasteiger partial charge in [-0.2, -0.15) is 0 Å². The van der Waals surface area contributed by atoms with Crippen LogP contribution in [0.3, 0.4) is 0 Å². The highest BCUT2D eigenvalue weighted by Gasteiger charge is 2.28. The van der Waals surface area contributed by atoms with Crippen LogP contribution in [-0.4, -0.2) is 44.7 Å². The van der Waals surface area contributed by atoms with Gasteiger partial charge in [-0.25, -0.2) is 17.9 Å². The van der Waals surface area contributed by atoms with E-state index in [9.17, 15) is 17.6 Å². The molecule has 2 rings (SSSR count). The molecule has 21 heavy (non-hydrogen) atoms. The Balaban J connectivity index is 1.82. The summed E-state index contributed by atoms with van der Waals surface area (Å²) < 4.78 is 40.2. The van der Waals surface area contributed by atoms with Crippen LogP contribution in [0, 0.1) is 11.7 Å². The predicted octanol–water partition coefficient (Wildman–Crippen LogP) is 0.342. The van der Waals surface area contributed by atoms with Crippen LogP contribution < -0.4 is 9.88 Å². The Labute approximate surface area is 122 Å². The minimum atomic E-state index is -3.53. The second-order valence-corrected chi connectivity index (χ2v) is 6.73. The van der Waals surface area contributed by atoms with E-state index in [0.717, 1.165) is 0 Å². The van der Waals surface area contributed by atoms with Crippen LogP contribution in [0.25, 0.3) is 0 Å². The second-order valence-electron chi connectivity index (χ2n) is 5.07. The fraction of sp³-hybridized carbons (Fsp3) is 0.462. The topological polar surface area (TPSA) is 89.7 Å². The Hall–Kier alpha value is -1.67. The van der Waals surface area contributed by atoms with E-state index in [-0.39, 0.29) is 29.9 Å². The van der Waals surface area contributed by atoms with Crippen molar-refractivity contribution >= 4 is 15.9 Å². The Kier molecular flexibility index (Phi) is 4.79. The number of nitrogens with zero attached hydrogens (tertiary/aromatic N) is 1. The molecule has 0 spiro atoms. The Morgan fingerprint density at radius 2 is 2.24 bits per heavy atom. The minimum absolute atomic E-state index is 0.123. The standard InChI is InChI=1S/C13H17FN2O4S/c14-11-2-1-3-12(6-11)20-8-13(17)16-5-4-10(7-16)9-21(15,18)19/h1-3,6,10H,4-5,7-9H2,(H2,15,18,19)/t10-/m1/s1. The summed E-state index contributed by atoms with van der Waals surface area (Å²) in [4.78, 5) is 13.5. The first-order valence-corrected chi connectivity index (χ1v) is 8.21. The maximum atomic E-state index is 13.0. The zero-order chi connectivity index (χ0) is 15.5. The van der Waals surface area contributed by atoms with Gasteiger partial charge in [-0.15, -0.1) is 0 Å². The summed E-state index contributed by atoms with van der Waals surface area (Å²) in [6.45, 7) is 0.624. The van der Waals surface area contributed by atoms with Gasteiger partial charge >= 0.3 is 0 Å². The number of hydrogen-bond acceptors (Lipinski definition) is 4. The summed E-state index contributed by atoms with van der Waals surface area (Å²) in [5.74, 6) is -0.672. The van der Waals surface area contributed by atoms with E-state index in [4.69, 9.17) is 9.88 Å². The van der Waals surface area contributed by atoms with E-state index in [1.807, 2.05) is 0 Å². The lowest BCUT2D eigenvalue weighted by Crippen LogP contribution is -2.34. The molecule has 1 aliphatic rings. The normalized spacial score (nSPS) is 18.8. The zero-order valence-corrected chi connectivity index (χ0v) is 12.2. The minimum Gasteiger partial charge on any atom is -0.484 e. The first-order chi connectivity index (χ1) is 9.83. The van der Waals surface area contributed by atoms with Gasteiger partial charge in [0.2, 0.25) is 10.0 Å². The highest BCUT2D eigenvalue weighted by Crippen LogP contribution is 2.18. The number of rotatable bonds is 5. The van der Waals surface area contributed by atoms with Crippen molar-refractivity contribution in [1.82, 2.24) is 4.90 Å². The summed E-state index contributed by atoms with van der Waals surface area (Å²) in [5, 5.41) is 4.99. The molecule has 6 nitrogen and oxygen atoms in total. The molecular weight excluding hydrogens is 299 g/mol. The summed E-state index contributed by atoms with van der Waals surface area (Å²) in [5.41, 5.74) is 0. The number of amides is 1. The largest absolute Gasteiger partial charge is 0.484 e. The van der Waals surface area contributed by atoms with Gasteiger partial charge in [-0.05, 0) is 24.5 Å². The van der Waals surface area contributed by atoms with Gasteiger partial charge < -0.3 is 9.64 Å². The molecule has 1 fully saturated rings. The SMILES string of the molecule is NS(=O)(=O)C[C@@H]1CCN(C(=O)COc2cccc(F)c2)C1. The number of benzene rings is 1. The van der Waals surface area contributed by atoms with Crippen LogP contribution in [0.5, 0.6) is 5.75 Å². The average Bonchev–Trinajstić information content (AvgIpc) is 2.82. The van der Waals surface area contributed by atoms with E-state index in [0.29, 0.717) is 19.5 Å². The Morgan fingerprint density at radius 3 is 2.90 bits per heavy atom. The summed E-state index contributed by atoms with van der Waals surface area (Å²) in [7, 11) is -3.53. The third-order valence-electron chi connectivity index (χ3n) is 3.26. The van der Waals surface area contributed by atoms with E-state index < -0.39 is 15.8 Å². The summed E-state index contributed by atoms with van der Waals surface area (Å²) in [6, 6.07) is 5.53. The first kappa shape index (κ1) is 15.7. The van der Waals surface area contributed by atoms with Gasteiger partial charge in [0, 0.05) is 19.2 Å². The smallest absolute Gasteiger partial charge is 0.260 e. The van der Waals surface area contributed by atoms with Crippen LogP contribution in [0.15, 0.2) is 24.3 Å². The van der Waals surface area contributed by atoms with Gasteiger partial charge in [0.15, 0.2) is 6.61 Å².